The van der Waals surface area contributed by atoms with Crippen molar-refractivity contribution in [2.45, 2.75) is 26.2 Å². The third-order valence-electron chi connectivity index (χ3n) is 3.66. The SMILES string of the molecule is Cc1ccc(N2CCC(CCON)CC2)cc1. The molecule has 0 radical (unpaired) electrons. The minimum Gasteiger partial charge on any atom is -0.372 e. The van der Waals surface area contributed by atoms with Crippen LogP contribution in [0.1, 0.15) is 24.8 Å². The van der Waals surface area contributed by atoms with Crippen molar-refractivity contribution in [2.24, 2.45) is 11.8 Å². The molecule has 1 aliphatic heterocycles. The van der Waals surface area contributed by atoms with Gasteiger partial charge in [0.25, 0.3) is 0 Å². The maximum Gasteiger partial charge on any atom is 0.0681 e. The van der Waals surface area contributed by atoms with Gasteiger partial charge in [-0.3, -0.25) is 0 Å². The van der Waals surface area contributed by atoms with Crippen molar-refractivity contribution in [3.05, 3.63) is 29.8 Å². The molecular formula is C14H22N2O. The Balaban J connectivity index is 1.84. The first kappa shape index (κ1) is 12.4. The van der Waals surface area contributed by atoms with Gasteiger partial charge in [0.1, 0.15) is 0 Å². The molecule has 2 N–H and O–H groups in total. The highest BCUT2D eigenvalue weighted by atomic mass is 16.6. The molecule has 2 rings (SSSR count). The standard InChI is InChI=1S/C14H22N2O/c1-12-2-4-14(5-3-12)16-9-6-13(7-10-16)8-11-17-15/h2-5,13H,6-11,15H2,1H3. The molecule has 3 heteroatoms. The van der Waals surface area contributed by atoms with Gasteiger partial charge in [0.2, 0.25) is 0 Å². The quantitative estimate of drug-likeness (QED) is 0.813. The van der Waals surface area contributed by atoms with Crippen LogP contribution in [-0.2, 0) is 4.84 Å². The van der Waals surface area contributed by atoms with E-state index in [1.165, 1.54) is 24.1 Å². The molecule has 0 spiro atoms. The molecule has 0 aromatic heterocycles. The monoisotopic (exact) mass is 234 g/mol. The molecule has 1 saturated heterocycles. The minimum absolute atomic E-state index is 0.690. The lowest BCUT2D eigenvalue weighted by Crippen LogP contribution is -2.34. The Morgan fingerprint density at radius 1 is 1.24 bits per heavy atom. The number of anilines is 1. The second-order valence-electron chi connectivity index (χ2n) is 4.93. The zero-order valence-corrected chi connectivity index (χ0v) is 10.6. The zero-order chi connectivity index (χ0) is 12.1. The molecule has 0 aliphatic carbocycles. The van der Waals surface area contributed by atoms with Crippen LogP contribution in [0.2, 0.25) is 0 Å². The predicted octanol–water partition coefficient (Wildman–Crippen LogP) is 2.49. The van der Waals surface area contributed by atoms with Gasteiger partial charge in [0, 0.05) is 18.8 Å². The van der Waals surface area contributed by atoms with Crippen molar-refractivity contribution in [3.8, 4) is 0 Å². The lowest BCUT2D eigenvalue weighted by atomic mass is 9.93. The summed E-state index contributed by atoms with van der Waals surface area (Å²) in [5.74, 6) is 5.85. The Bertz CT molecular complexity index is 329. The van der Waals surface area contributed by atoms with Crippen LogP contribution in [0, 0.1) is 12.8 Å². The van der Waals surface area contributed by atoms with Crippen molar-refractivity contribution in [2.75, 3.05) is 24.6 Å². The average molecular weight is 234 g/mol. The maximum absolute atomic E-state index is 5.07. The van der Waals surface area contributed by atoms with Gasteiger partial charge in [-0.05, 0) is 44.2 Å². The second-order valence-corrected chi connectivity index (χ2v) is 4.93. The number of piperidine rings is 1. The summed E-state index contributed by atoms with van der Waals surface area (Å²) in [6, 6.07) is 8.81. The fraction of sp³-hybridized carbons (Fsp3) is 0.571. The van der Waals surface area contributed by atoms with E-state index in [9.17, 15) is 0 Å². The second kappa shape index (κ2) is 6.03. The zero-order valence-electron chi connectivity index (χ0n) is 10.6. The maximum atomic E-state index is 5.07. The minimum atomic E-state index is 0.690. The van der Waals surface area contributed by atoms with Crippen LogP contribution in [0.15, 0.2) is 24.3 Å². The Labute approximate surface area is 104 Å². The molecule has 0 amide bonds. The Hall–Kier alpha value is -1.06. The fourth-order valence-corrected chi connectivity index (χ4v) is 2.47. The third kappa shape index (κ3) is 3.45. The van der Waals surface area contributed by atoms with Crippen molar-refractivity contribution in [1.29, 1.82) is 0 Å². The van der Waals surface area contributed by atoms with Gasteiger partial charge >= 0.3 is 0 Å². The third-order valence-corrected chi connectivity index (χ3v) is 3.66. The van der Waals surface area contributed by atoms with E-state index in [1.807, 2.05) is 0 Å². The molecule has 0 atom stereocenters. The van der Waals surface area contributed by atoms with E-state index in [0.717, 1.165) is 25.4 Å². The summed E-state index contributed by atoms with van der Waals surface area (Å²) >= 11 is 0. The number of hydrogen-bond donors (Lipinski definition) is 1. The van der Waals surface area contributed by atoms with Gasteiger partial charge in [-0.25, -0.2) is 5.90 Å². The highest BCUT2D eigenvalue weighted by molar-refractivity contribution is 5.47. The average Bonchev–Trinajstić information content (AvgIpc) is 2.38. The lowest BCUT2D eigenvalue weighted by Gasteiger charge is -2.33. The van der Waals surface area contributed by atoms with Crippen LogP contribution in [0.25, 0.3) is 0 Å². The van der Waals surface area contributed by atoms with E-state index >= 15 is 0 Å². The summed E-state index contributed by atoms with van der Waals surface area (Å²) in [5, 5.41) is 0. The number of nitrogens with two attached hydrogens (primary N) is 1. The first-order chi connectivity index (χ1) is 8.29. The largest absolute Gasteiger partial charge is 0.372 e. The summed E-state index contributed by atoms with van der Waals surface area (Å²) in [4.78, 5) is 7.13. The van der Waals surface area contributed by atoms with E-state index in [-0.39, 0.29) is 0 Å². The van der Waals surface area contributed by atoms with Crippen LogP contribution in [0.4, 0.5) is 5.69 Å². The summed E-state index contributed by atoms with van der Waals surface area (Å²) in [7, 11) is 0. The van der Waals surface area contributed by atoms with Gasteiger partial charge in [0.05, 0.1) is 6.61 Å². The lowest BCUT2D eigenvalue weighted by molar-refractivity contribution is 0.118. The molecule has 0 unspecified atom stereocenters. The summed E-state index contributed by atoms with van der Waals surface area (Å²) in [5.41, 5.74) is 2.67. The topological polar surface area (TPSA) is 38.5 Å². The van der Waals surface area contributed by atoms with Gasteiger partial charge < -0.3 is 9.74 Å². The molecule has 0 saturated carbocycles. The van der Waals surface area contributed by atoms with E-state index in [2.05, 4.69) is 40.9 Å². The van der Waals surface area contributed by atoms with Gasteiger partial charge in [-0.1, -0.05) is 17.7 Å². The van der Waals surface area contributed by atoms with Crippen LogP contribution < -0.4 is 10.8 Å². The molecule has 1 aliphatic rings. The molecule has 94 valence electrons. The van der Waals surface area contributed by atoms with E-state index in [1.54, 1.807) is 0 Å². The molecule has 3 nitrogen and oxygen atoms in total. The Kier molecular flexibility index (Phi) is 4.40. The van der Waals surface area contributed by atoms with Crippen molar-refractivity contribution in [1.82, 2.24) is 0 Å². The molecule has 1 heterocycles. The highest BCUT2D eigenvalue weighted by Gasteiger charge is 2.18. The predicted molar refractivity (Wildman–Crippen MR) is 70.9 cm³/mol. The van der Waals surface area contributed by atoms with Crippen LogP contribution >= 0.6 is 0 Å². The van der Waals surface area contributed by atoms with Crippen LogP contribution in [0.5, 0.6) is 0 Å². The highest BCUT2D eigenvalue weighted by Crippen LogP contribution is 2.25. The van der Waals surface area contributed by atoms with Crippen LogP contribution in [-0.4, -0.2) is 19.7 Å². The normalized spacial score (nSPS) is 17.4. The molecular weight excluding hydrogens is 212 g/mol. The number of benzene rings is 1. The molecule has 0 bridgehead atoms. The first-order valence-corrected chi connectivity index (χ1v) is 6.43. The van der Waals surface area contributed by atoms with Crippen LogP contribution in [0.3, 0.4) is 0 Å². The molecule has 1 fully saturated rings. The van der Waals surface area contributed by atoms with Crippen molar-refractivity contribution < 1.29 is 4.84 Å². The van der Waals surface area contributed by atoms with Gasteiger partial charge in [-0.2, -0.15) is 0 Å². The van der Waals surface area contributed by atoms with Gasteiger partial charge in [-0.15, -0.1) is 0 Å². The first-order valence-electron chi connectivity index (χ1n) is 6.43. The van der Waals surface area contributed by atoms with E-state index < -0.39 is 0 Å². The summed E-state index contributed by atoms with van der Waals surface area (Å²) in [6.07, 6.45) is 3.59. The number of aryl methyl sites for hydroxylation is 1. The van der Waals surface area contributed by atoms with E-state index in [0.29, 0.717) is 6.61 Å². The summed E-state index contributed by atoms with van der Waals surface area (Å²) < 4.78 is 0. The van der Waals surface area contributed by atoms with Crippen molar-refractivity contribution in [3.63, 3.8) is 0 Å². The number of hydrogen-bond acceptors (Lipinski definition) is 3. The fourth-order valence-electron chi connectivity index (χ4n) is 2.47. The Morgan fingerprint density at radius 3 is 2.47 bits per heavy atom. The van der Waals surface area contributed by atoms with Gasteiger partial charge in [0.15, 0.2) is 0 Å². The smallest absolute Gasteiger partial charge is 0.0681 e. The number of nitrogens with zero attached hydrogens (tertiary/aromatic N) is 1. The molecule has 1 aromatic rings. The molecule has 17 heavy (non-hydrogen) atoms. The molecule has 1 aromatic carbocycles. The summed E-state index contributed by atoms with van der Waals surface area (Å²) in [6.45, 7) is 5.12. The Morgan fingerprint density at radius 2 is 1.88 bits per heavy atom. The number of rotatable bonds is 4. The van der Waals surface area contributed by atoms with E-state index in [4.69, 9.17) is 5.90 Å². The van der Waals surface area contributed by atoms with Crippen molar-refractivity contribution >= 4 is 5.69 Å².